The van der Waals surface area contributed by atoms with Gasteiger partial charge in [0.2, 0.25) is 5.91 Å². The number of rotatable bonds is 4. The number of nitrogens with one attached hydrogen (secondary N) is 2. The van der Waals surface area contributed by atoms with E-state index in [1.807, 2.05) is 27.0 Å². The number of hydrogen-bond donors (Lipinski definition) is 2. The van der Waals surface area contributed by atoms with Crippen molar-refractivity contribution in [1.29, 1.82) is 0 Å². The van der Waals surface area contributed by atoms with Crippen LogP contribution in [0.25, 0.3) is 0 Å². The third kappa shape index (κ3) is 5.68. The highest BCUT2D eigenvalue weighted by molar-refractivity contribution is 7.11. The zero-order valence-electron chi connectivity index (χ0n) is 10.4. The van der Waals surface area contributed by atoms with Crippen LogP contribution in [0.15, 0.2) is 6.20 Å². The van der Waals surface area contributed by atoms with Gasteiger partial charge in [-0.05, 0) is 27.8 Å². The largest absolute Gasteiger partial charge is 0.344 e. The molecule has 0 bridgehead atoms. The van der Waals surface area contributed by atoms with E-state index in [1.54, 1.807) is 18.4 Å². The van der Waals surface area contributed by atoms with E-state index in [2.05, 4.69) is 15.6 Å². The maximum atomic E-state index is 11.4. The van der Waals surface area contributed by atoms with Crippen molar-refractivity contribution >= 4 is 42.1 Å². The van der Waals surface area contributed by atoms with Gasteiger partial charge in [0.1, 0.15) is 5.01 Å². The summed E-state index contributed by atoms with van der Waals surface area (Å²) < 4.78 is 0. The number of aryl methyl sites for hydroxylation is 1. The lowest BCUT2D eigenvalue weighted by molar-refractivity contribution is -0.121. The van der Waals surface area contributed by atoms with Crippen molar-refractivity contribution in [1.82, 2.24) is 15.6 Å². The van der Waals surface area contributed by atoms with Crippen LogP contribution >= 0.6 is 36.2 Å². The van der Waals surface area contributed by atoms with Gasteiger partial charge in [-0.25, -0.2) is 4.98 Å². The predicted octanol–water partition coefficient (Wildman–Crippen LogP) is 1.87. The maximum Gasteiger partial charge on any atom is 0.234 e. The summed E-state index contributed by atoms with van der Waals surface area (Å²) in [7, 11) is 1.75. The van der Waals surface area contributed by atoms with Gasteiger partial charge in [-0.2, -0.15) is 0 Å². The molecule has 1 aromatic rings. The zero-order valence-corrected chi connectivity index (χ0v) is 12.8. The Balaban J connectivity index is 0. The molecule has 1 amide bonds. The normalized spacial score (nSPS) is 10.1. The molecular formula is C10H19Cl2N3OS. The summed E-state index contributed by atoms with van der Waals surface area (Å²) >= 11 is 1.61. The van der Waals surface area contributed by atoms with E-state index in [9.17, 15) is 4.79 Å². The lowest BCUT2D eigenvalue weighted by Crippen LogP contribution is -2.44. The lowest BCUT2D eigenvalue weighted by Gasteiger charge is -2.23. The monoisotopic (exact) mass is 299 g/mol. The first kappa shape index (κ1) is 19.0. The zero-order chi connectivity index (χ0) is 11.5. The van der Waals surface area contributed by atoms with Crippen LogP contribution < -0.4 is 10.6 Å². The van der Waals surface area contributed by atoms with E-state index in [-0.39, 0.29) is 30.7 Å². The molecule has 0 saturated carbocycles. The summed E-state index contributed by atoms with van der Waals surface area (Å²) in [5.74, 6) is -0.0182. The van der Waals surface area contributed by atoms with Gasteiger partial charge in [-0.3, -0.25) is 4.79 Å². The van der Waals surface area contributed by atoms with E-state index in [0.29, 0.717) is 6.54 Å². The molecule has 0 aromatic carbocycles. The first-order chi connectivity index (χ1) is 6.95. The molecule has 17 heavy (non-hydrogen) atoms. The number of nitrogens with zero attached hydrogens (tertiary/aromatic N) is 1. The van der Waals surface area contributed by atoms with Crippen LogP contribution in [0.1, 0.15) is 23.7 Å². The molecule has 0 unspecified atom stereocenters. The van der Waals surface area contributed by atoms with Gasteiger partial charge in [0.25, 0.3) is 0 Å². The van der Waals surface area contributed by atoms with Crippen LogP contribution in [0.3, 0.4) is 0 Å². The Labute approximate surface area is 118 Å². The summed E-state index contributed by atoms with van der Waals surface area (Å²) in [6, 6.07) is 0. The number of amides is 1. The summed E-state index contributed by atoms with van der Waals surface area (Å²) in [5, 5.41) is 6.69. The number of thiazole rings is 1. The average molecular weight is 300 g/mol. The fraction of sp³-hybridized carbons (Fsp3) is 0.600. The Morgan fingerprint density at radius 2 is 2.06 bits per heavy atom. The van der Waals surface area contributed by atoms with Gasteiger partial charge in [0.05, 0.1) is 12.1 Å². The van der Waals surface area contributed by atoms with Crippen molar-refractivity contribution in [2.24, 2.45) is 0 Å². The van der Waals surface area contributed by atoms with Crippen LogP contribution in [0.4, 0.5) is 0 Å². The van der Waals surface area contributed by atoms with E-state index < -0.39 is 5.54 Å². The first-order valence-electron chi connectivity index (χ1n) is 4.84. The molecule has 0 aliphatic heterocycles. The quantitative estimate of drug-likeness (QED) is 0.892. The molecule has 100 valence electrons. The Morgan fingerprint density at radius 3 is 2.47 bits per heavy atom. The molecule has 1 rings (SSSR count). The number of likely N-dealkylation sites (N-methyl/N-ethyl adjacent to an activating group) is 1. The topological polar surface area (TPSA) is 54.0 Å². The molecular weight excluding hydrogens is 281 g/mol. The van der Waals surface area contributed by atoms with Crippen molar-refractivity contribution in [3.05, 3.63) is 16.1 Å². The first-order valence-corrected chi connectivity index (χ1v) is 5.66. The molecule has 0 atom stereocenters. The van der Waals surface area contributed by atoms with E-state index in [1.165, 1.54) is 0 Å². The third-order valence-electron chi connectivity index (χ3n) is 1.95. The van der Waals surface area contributed by atoms with E-state index in [0.717, 1.165) is 9.88 Å². The molecule has 1 heterocycles. The molecule has 0 aliphatic carbocycles. The van der Waals surface area contributed by atoms with Crippen molar-refractivity contribution in [3.8, 4) is 0 Å². The number of carbonyl (C=O) groups is 1. The Kier molecular flexibility index (Phi) is 8.79. The summed E-state index contributed by atoms with van der Waals surface area (Å²) in [4.78, 5) is 16.9. The minimum Gasteiger partial charge on any atom is -0.344 e. The smallest absolute Gasteiger partial charge is 0.234 e. The van der Waals surface area contributed by atoms with Crippen LogP contribution in [-0.2, 0) is 10.3 Å². The lowest BCUT2D eigenvalue weighted by atomic mass is 10.1. The molecule has 1 aromatic heterocycles. The highest BCUT2D eigenvalue weighted by Gasteiger charge is 2.25. The van der Waals surface area contributed by atoms with Gasteiger partial charge in [-0.1, -0.05) is 0 Å². The van der Waals surface area contributed by atoms with Crippen LogP contribution in [0.2, 0.25) is 0 Å². The molecule has 7 heteroatoms. The molecule has 0 aliphatic rings. The number of carbonyl (C=O) groups excluding carboxylic acids is 1. The van der Waals surface area contributed by atoms with Gasteiger partial charge < -0.3 is 10.6 Å². The predicted molar refractivity (Wildman–Crippen MR) is 76.4 cm³/mol. The minimum absolute atomic E-state index is 0. The molecule has 4 nitrogen and oxygen atoms in total. The van der Waals surface area contributed by atoms with E-state index >= 15 is 0 Å². The SMILES string of the molecule is CNCC(=O)NC(C)(C)c1ncc(C)s1.Cl.Cl. The molecule has 2 N–H and O–H groups in total. The fourth-order valence-electron chi connectivity index (χ4n) is 1.25. The summed E-state index contributed by atoms with van der Waals surface area (Å²) in [5.41, 5.74) is -0.396. The number of aromatic nitrogens is 1. The Morgan fingerprint density at radius 1 is 1.47 bits per heavy atom. The van der Waals surface area contributed by atoms with Crippen molar-refractivity contribution in [2.45, 2.75) is 26.3 Å². The van der Waals surface area contributed by atoms with E-state index in [4.69, 9.17) is 0 Å². The molecule has 0 spiro atoms. The molecule has 0 radical (unpaired) electrons. The number of hydrogen-bond acceptors (Lipinski definition) is 4. The third-order valence-corrected chi connectivity index (χ3v) is 3.18. The fourth-order valence-corrected chi connectivity index (χ4v) is 2.07. The van der Waals surface area contributed by atoms with Crippen molar-refractivity contribution in [3.63, 3.8) is 0 Å². The highest BCUT2D eigenvalue weighted by Crippen LogP contribution is 2.24. The van der Waals surface area contributed by atoms with Crippen LogP contribution in [0.5, 0.6) is 0 Å². The Bertz CT molecular complexity index is 355. The van der Waals surface area contributed by atoms with Crippen LogP contribution in [-0.4, -0.2) is 24.5 Å². The minimum atomic E-state index is -0.396. The summed E-state index contributed by atoms with van der Waals surface area (Å²) in [6.45, 7) is 6.25. The number of halogens is 2. The van der Waals surface area contributed by atoms with Gasteiger partial charge >= 0.3 is 0 Å². The van der Waals surface area contributed by atoms with Crippen LogP contribution in [0, 0.1) is 6.92 Å². The standard InChI is InChI=1S/C10H17N3OS.2ClH/c1-7-5-12-9(15-7)10(2,3)13-8(14)6-11-4;;/h5,11H,6H2,1-4H3,(H,13,14);2*1H. The second kappa shape index (κ2) is 7.87. The molecule has 0 saturated heterocycles. The molecule has 0 fully saturated rings. The second-order valence-corrected chi connectivity index (χ2v) is 5.21. The average Bonchev–Trinajstić information content (AvgIpc) is 2.51. The second-order valence-electron chi connectivity index (χ2n) is 3.98. The maximum absolute atomic E-state index is 11.4. The highest BCUT2D eigenvalue weighted by atomic mass is 35.5. The van der Waals surface area contributed by atoms with Gasteiger partial charge in [0.15, 0.2) is 0 Å². The van der Waals surface area contributed by atoms with Crippen molar-refractivity contribution in [2.75, 3.05) is 13.6 Å². The van der Waals surface area contributed by atoms with Gasteiger partial charge in [0, 0.05) is 11.1 Å². The van der Waals surface area contributed by atoms with Gasteiger partial charge in [-0.15, -0.1) is 36.2 Å². The van der Waals surface area contributed by atoms with Crippen molar-refractivity contribution < 1.29 is 4.79 Å². The Hall–Kier alpha value is -0.360. The summed E-state index contributed by atoms with van der Waals surface area (Å²) in [6.07, 6.45) is 1.83.